The van der Waals surface area contributed by atoms with E-state index in [1.165, 1.54) is 12.1 Å². The Balaban J connectivity index is 1.97. The van der Waals surface area contributed by atoms with E-state index in [1.807, 2.05) is 31.2 Å². The Morgan fingerprint density at radius 2 is 1.74 bits per heavy atom. The van der Waals surface area contributed by atoms with Gasteiger partial charge in [-0.25, -0.2) is 4.39 Å². The van der Waals surface area contributed by atoms with Crippen LogP contribution in [0.25, 0.3) is 0 Å². The van der Waals surface area contributed by atoms with Gasteiger partial charge in [0, 0.05) is 11.7 Å². The molecule has 122 valence electrons. The minimum Gasteiger partial charge on any atom is -0.325 e. The van der Waals surface area contributed by atoms with Gasteiger partial charge in [0.1, 0.15) is 5.82 Å². The van der Waals surface area contributed by atoms with Gasteiger partial charge in [0.25, 0.3) is 0 Å². The molecule has 0 heterocycles. The van der Waals surface area contributed by atoms with Gasteiger partial charge in [-0.2, -0.15) is 0 Å². The van der Waals surface area contributed by atoms with E-state index in [0.29, 0.717) is 0 Å². The Kier molecular flexibility index (Phi) is 5.88. The second kappa shape index (κ2) is 7.88. The number of hydrogen-bond donors (Lipinski definition) is 2. The van der Waals surface area contributed by atoms with Gasteiger partial charge < -0.3 is 10.6 Å². The molecule has 0 saturated heterocycles. The third-order valence-electron chi connectivity index (χ3n) is 3.80. The smallest absolute Gasteiger partial charge is 0.238 e. The van der Waals surface area contributed by atoms with Crippen LogP contribution in [-0.4, -0.2) is 12.5 Å². The number of rotatable bonds is 6. The molecular formula is C19H23FN2O. The Labute approximate surface area is 136 Å². The lowest BCUT2D eigenvalue weighted by atomic mass is 9.96. The molecule has 0 aliphatic carbocycles. The first kappa shape index (κ1) is 17.2. The van der Waals surface area contributed by atoms with Crippen LogP contribution in [0, 0.1) is 18.7 Å². The molecule has 2 N–H and O–H groups in total. The van der Waals surface area contributed by atoms with Gasteiger partial charge in [-0.15, -0.1) is 0 Å². The number of hydrogen-bond acceptors (Lipinski definition) is 2. The summed E-state index contributed by atoms with van der Waals surface area (Å²) in [5.74, 6) is -0.0627. The third-order valence-corrected chi connectivity index (χ3v) is 3.80. The molecule has 1 atom stereocenters. The summed E-state index contributed by atoms with van der Waals surface area (Å²) >= 11 is 0. The highest BCUT2D eigenvalue weighted by Gasteiger charge is 2.16. The lowest BCUT2D eigenvalue weighted by Crippen LogP contribution is -2.33. The van der Waals surface area contributed by atoms with Crippen LogP contribution in [0.4, 0.5) is 10.1 Å². The van der Waals surface area contributed by atoms with Crippen molar-refractivity contribution in [2.24, 2.45) is 5.92 Å². The van der Waals surface area contributed by atoms with Crippen LogP contribution in [0.15, 0.2) is 48.5 Å². The van der Waals surface area contributed by atoms with Crippen molar-refractivity contribution in [1.82, 2.24) is 5.32 Å². The van der Waals surface area contributed by atoms with Crippen LogP contribution in [0.1, 0.15) is 31.0 Å². The van der Waals surface area contributed by atoms with E-state index in [4.69, 9.17) is 0 Å². The first-order valence-electron chi connectivity index (χ1n) is 7.81. The van der Waals surface area contributed by atoms with Gasteiger partial charge >= 0.3 is 0 Å². The summed E-state index contributed by atoms with van der Waals surface area (Å²) in [6.45, 7) is 6.30. The quantitative estimate of drug-likeness (QED) is 0.844. The van der Waals surface area contributed by atoms with Crippen molar-refractivity contribution < 1.29 is 9.18 Å². The van der Waals surface area contributed by atoms with E-state index < -0.39 is 0 Å². The molecule has 0 fully saturated rings. The highest BCUT2D eigenvalue weighted by molar-refractivity contribution is 5.92. The second-order valence-electron chi connectivity index (χ2n) is 6.02. The molecule has 2 aromatic rings. The summed E-state index contributed by atoms with van der Waals surface area (Å²) in [6.07, 6.45) is 0. The van der Waals surface area contributed by atoms with E-state index in [-0.39, 0.29) is 30.2 Å². The number of amides is 1. The molecule has 0 aromatic heterocycles. The summed E-state index contributed by atoms with van der Waals surface area (Å²) in [5, 5.41) is 6.16. The predicted octanol–water partition coefficient (Wildman–Crippen LogP) is 4.06. The first-order valence-corrected chi connectivity index (χ1v) is 7.81. The lowest BCUT2D eigenvalue weighted by Gasteiger charge is -2.23. The number of aryl methyl sites for hydroxylation is 1. The SMILES string of the molecule is Cc1ccccc1NC(=O)CN[C@H](c1ccc(F)cc1)C(C)C. The molecule has 1 amide bonds. The normalized spacial score (nSPS) is 12.2. The maximum Gasteiger partial charge on any atom is 0.238 e. The van der Waals surface area contributed by atoms with Gasteiger partial charge in [0.15, 0.2) is 0 Å². The van der Waals surface area contributed by atoms with Crippen LogP contribution in [0.5, 0.6) is 0 Å². The molecule has 3 nitrogen and oxygen atoms in total. The molecule has 0 saturated carbocycles. The van der Waals surface area contributed by atoms with E-state index in [2.05, 4.69) is 24.5 Å². The minimum absolute atomic E-state index is 0.00165. The first-order chi connectivity index (χ1) is 11.0. The number of nitrogens with one attached hydrogen (secondary N) is 2. The number of para-hydroxylation sites is 1. The average molecular weight is 314 g/mol. The fourth-order valence-electron chi connectivity index (χ4n) is 2.52. The molecule has 4 heteroatoms. The molecule has 2 rings (SSSR count). The molecule has 2 aromatic carbocycles. The van der Waals surface area contributed by atoms with Crippen LogP contribution < -0.4 is 10.6 Å². The molecule has 0 unspecified atom stereocenters. The summed E-state index contributed by atoms with van der Waals surface area (Å²) in [4.78, 5) is 12.1. The highest BCUT2D eigenvalue weighted by Crippen LogP contribution is 2.21. The number of carbonyl (C=O) groups excluding carboxylic acids is 1. The maximum atomic E-state index is 13.1. The molecule has 0 aliphatic rings. The van der Waals surface area contributed by atoms with Crippen molar-refractivity contribution in [2.45, 2.75) is 26.8 Å². The van der Waals surface area contributed by atoms with Gasteiger partial charge in [-0.3, -0.25) is 4.79 Å². The fraction of sp³-hybridized carbons (Fsp3) is 0.316. The third kappa shape index (κ3) is 4.89. The Morgan fingerprint density at radius 3 is 2.35 bits per heavy atom. The minimum atomic E-state index is -0.256. The van der Waals surface area contributed by atoms with Crippen molar-refractivity contribution in [1.29, 1.82) is 0 Å². The average Bonchev–Trinajstić information content (AvgIpc) is 2.51. The van der Waals surface area contributed by atoms with Crippen LogP contribution in [-0.2, 0) is 4.79 Å². The monoisotopic (exact) mass is 314 g/mol. The van der Waals surface area contributed by atoms with Crippen molar-refractivity contribution >= 4 is 11.6 Å². The molecule has 0 spiro atoms. The number of halogens is 1. The zero-order valence-electron chi connectivity index (χ0n) is 13.8. The van der Waals surface area contributed by atoms with E-state index >= 15 is 0 Å². The standard InChI is InChI=1S/C19H23FN2O/c1-13(2)19(15-8-10-16(20)11-9-15)21-12-18(23)22-17-7-5-4-6-14(17)3/h4-11,13,19,21H,12H2,1-3H3,(H,22,23)/t19-/m0/s1. The van der Waals surface area contributed by atoms with Crippen LogP contribution in [0.3, 0.4) is 0 Å². The van der Waals surface area contributed by atoms with Crippen LogP contribution >= 0.6 is 0 Å². The maximum absolute atomic E-state index is 13.1. The van der Waals surface area contributed by atoms with Gasteiger partial charge in [-0.05, 0) is 42.2 Å². The largest absolute Gasteiger partial charge is 0.325 e. The molecule has 0 radical (unpaired) electrons. The van der Waals surface area contributed by atoms with E-state index in [1.54, 1.807) is 12.1 Å². The second-order valence-corrected chi connectivity index (χ2v) is 6.02. The summed E-state index contributed by atoms with van der Waals surface area (Å²) < 4.78 is 13.1. The van der Waals surface area contributed by atoms with Gasteiger partial charge in [-0.1, -0.05) is 44.2 Å². The predicted molar refractivity (Wildman–Crippen MR) is 91.8 cm³/mol. The van der Waals surface area contributed by atoms with Gasteiger partial charge in [0.2, 0.25) is 5.91 Å². The van der Waals surface area contributed by atoms with Crippen LogP contribution in [0.2, 0.25) is 0 Å². The summed E-state index contributed by atoms with van der Waals surface area (Å²) in [6, 6.07) is 14.1. The molecule has 23 heavy (non-hydrogen) atoms. The number of benzene rings is 2. The lowest BCUT2D eigenvalue weighted by molar-refractivity contribution is -0.115. The fourth-order valence-corrected chi connectivity index (χ4v) is 2.52. The highest BCUT2D eigenvalue weighted by atomic mass is 19.1. The number of carbonyl (C=O) groups is 1. The summed E-state index contributed by atoms with van der Waals surface area (Å²) in [5.41, 5.74) is 2.83. The van der Waals surface area contributed by atoms with Crippen molar-refractivity contribution in [3.63, 3.8) is 0 Å². The van der Waals surface area contributed by atoms with Crippen molar-refractivity contribution in [3.8, 4) is 0 Å². The Hall–Kier alpha value is -2.20. The van der Waals surface area contributed by atoms with Gasteiger partial charge in [0.05, 0.1) is 6.54 Å². The summed E-state index contributed by atoms with van der Waals surface area (Å²) in [7, 11) is 0. The Bertz CT molecular complexity index is 653. The zero-order chi connectivity index (χ0) is 16.8. The number of anilines is 1. The molecule has 0 bridgehead atoms. The zero-order valence-corrected chi connectivity index (χ0v) is 13.8. The van der Waals surface area contributed by atoms with Crippen molar-refractivity contribution in [3.05, 3.63) is 65.5 Å². The van der Waals surface area contributed by atoms with Crippen molar-refractivity contribution in [2.75, 3.05) is 11.9 Å². The van der Waals surface area contributed by atoms with E-state index in [9.17, 15) is 9.18 Å². The Morgan fingerprint density at radius 1 is 1.09 bits per heavy atom. The van der Waals surface area contributed by atoms with E-state index in [0.717, 1.165) is 16.8 Å². The molecule has 0 aliphatic heterocycles. The molecular weight excluding hydrogens is 291 g/mol. The topological polar surface area (TPSA) is 41.1 Å².